The number of anilines is 1. The van der Waals surface area contributed by atoms with Gasteiger partial charge in [0.15, 0.2) is 11.2 Å². The third kappa shape index (κ3) is 1.80. The van der Waals surface area contributed by atoms with Crippen LogP contribution in [0.25, 0.3) is 11.2 Å². The second kappa shape index (κ2) is 4.62. The van der Waals surface area contributed by atoms with Crippen molar-refractivity contribution in [2.24, 2.45) is 7.05 Å². The minimum absolute atomic E-state index is 0.392. The SMILES string of the molecule is Cn1c(=O)[nH]c(=O)c2c1nc1n2CCCN1Cc1ccco1. The van der Waals surface area contributed by atoms with Gasteiger partial charge in [-0.15, -0.1) is 0 Å². The maximum absolute atomic E-state index is 12.1. The largest absolute Gasteiger partial charge is 0.467 e. The third-order valence-electron chi connectivity index (χ3n) is 4.01. The van der Waals surface area contributed by atoms with E-state index in [0.717, 1.165) is 18.7 Å². The lowest BCUT2D eigenvalue weighted by Crippen LogP contribution is -2.33. The van der Waals surface area contributed by atoms with Gasteiger partial charge in [0.1, 0.15) is 5.76 Å². The number of aromatic nitrogens is 4. The normalized spacial score (nSPS) is 14.5. The predicted octanol–water partition coefficient (Wildman–Crippen LogP) is 0.427. The summed E-state index contributed by atoms with van der Waals surface area (Å²) in [5, 5.41) is 0. The minimum atomic E-state index is -0.453. The van der Waals surface area contributed by atoms with Gasteiger partial charge in [-0.3, -0.25) is 14.3 Å². The highest BCUT2D eigenvalue weighted by Gasteiger charge is 2.25. The maximum Gasteiger partial charge on any atom is 0.329 e. The summed E-state index contributed by atoms with van der Waals surface area (Å²) in [5.41, 5.74) is 0.0126. The number of nitrogens with zero attached hydrogens (tertiary/aromatic N) is 4. The van der Waals surface area contributed by atoms with E-state index in [1.54, 1.807) is 13.3 Å². The molecule has 0 atom stereocenters. The third-order valence-corrected chi connectivity index (χ3v) is 4.01. The average molecular weight is 301 g/mol. The molecule has 1 aliphatic rings. The van der Waals surface area contributed by atoms with Gasteiger partial charge in [0.25, 0.3) is 5.56 Å². The monoisotopic (exact) mass is 301 g/mol. The van der Waals surface area contributed by atoms with E-state index in [1.165, 1.54) is 4.57 Å². The molecule has 1 aliphatic heterocycles. The molecule has 3 aromatic rings. The molecule has 0 bridgehead atoms. The topological polar surface area (TPSA) is 89.1 Å². The summed E-state index contributed by atoms with van der Waals surface area (Å²) in [6.45, 7) is 2.12. The first kappa shape index (κ1) is 12.9. The molecule has 8 heteroatoms. The van der Waals surface area contributed by atoms with Crippen molar-refractivity contribution in [1.82, 2.24) is 19.1 Å². The number of nitrogens with one attached hydrogen (secondary N) is 1. The average Bonchev–Trinajstić information content (AvgIpc) is 3.12. The highest BCUT2D eigenvalue weighted by atomic mass is 16.3. The summed E-state index contributed by atoms with van der Waals surface area (Å²) in [7, 11) is 1.61. The van der Waals surface area contributed by atoms with Crippen LogP contribution in [-0.2, 0) is 20.1 Å². The Hall–Kier alpha value is -2.77. The molecule has 4 heterocycles. The van der Waals surface area contributed by atoms with E-state index < -0.39 is 11.2 Å². The number of hydrogen-bond acceptors (Lipinski definition) is 5. The van der Waals surface area contributed by atoms with Crippen molar-refractivity contribution in [2.45, 2.75) is 19.5 Å². The van der Waals surface area contributed by atoms with Gasteiger partial charge in [-0.25, -0.2) is 4.79 Å². The van der Waals surface area contributed by atoms with Gasteiger partial charge in [0.05, 0.1) is 12.8 Å². The highest BCUT2D eigenvalue weighted by Crippen LogP contribution is 2.25. The Bertz CT molecular complexity index is 947. The number of H-pyrrole nitrogens is 1. The molecular weight excluding hydrogens is 286 g/mol. The van der Waals surface area contributed by atoms with Crippen LogP contribution in [0.5, 0.6) is 0 Å². The Balaban J connectivity index is 1.90. The molecule has 3 aromatic heterocycles. The van der Waals surface area contributed by atoms with Crippen LogP contribution in [0.4, 0.5) is 5.95 Å². The quantitative estimate of drug-likeness (QED) is 0.741. The zero-order valence-electron chi connectivity index (χ0n) is 12.1. The molecule has 114 valence electrons. The lowest BCUT2D eigenvalue weighted by Gasteiger charge is -2.28. The van der Waals surface area contributed by atoms with Crippen molar-refractivity contribution in [1.29, 1.82) is 0 Å². The van der Waals surface area contributed by atoms with E-state index in [-0.39, 0.29) is 0 Å². The summed E-state index contributed by atoms with van der Waals surface area (Å²) in [6, 6.07) is 3.75. The summed E-state index contributed by atoms with van der Waals surface area (Å²) in [5.74, 6) is 1.53. The second-order valence-corrected chi connectivity index (χ2v) is 5.41. The van der Waals surface area contributed by atoms with Gasteiger partial charge in [0, 0.05) is 20.1 Å². The van der Waals surface area contributed by atoms with Gasteiger partial charge in [-0.05, 0) is 18.6 Å². The molecule has 0 saturated heterocycles. The van der Waals surface area contributed by atoms with Crippen molar-refractivity contribution < 1.29 is 4.42 Å². The van der Waals surface area contributed by atoms with Crippen LogP contribution in [0, 0.1) is 0 Å². The van der Waals surface area contributed by atoms with E-state index in [2.05, 4.69) is 14.9 Å². The molecule has 22 heavy (non-hydrogen) atoms. The first-order valence-corrected chi connectivity index (χ1v) is 7.12. The number of furan rings is 1. The standard InChI is InChI=1S/C14H15N5O3/c1-17-11-10(12(20)16-14(17)21)19-6-3-5-18(13(19)15-11)8-9-4-2-7-22-9/h2,4,7H,3,5-6,8H2,1H3,(H,16,20,21). The van der Waals surface area contributed by atoms with Gasteiger partial charge < -0.3 is 13.9 Å². The van der Waals surface area contributed by atoms with Crippen molar-refractivity contribution in [3.05, 3.63) is 45.0 Å². The zero-order valence-corrected chi connectivity index (χ0v) is 12.1. The molecule has 0 fully saturated rings. The van der Waals surface area contributed by atoms with E-state index in [9.17, 15) is 9.59 Å². The molecule has 0 aliphatic carbocycles. The molecule has 1 N–H and O–H groups in total. The van der Waals surface area contributed by atoms with Crippen LogP contribution in [0.3, 0.4) is 0 Å². The second-order valence-electron chi connectivity index (χ2n) is 5.41. The number of rotatable bonds is 2. The Kier molecular flexibility index (Phi) is 2.72. The Morgan fingerprint density at radius 3 is 3.00 bits per heavy atom. The number of fused-ring (bicyclic) bond motifs is 3. The predicted molar refractivity (Wildman–Crippen MR) is 80.0 cm³/mol. The maximum atomic E-state index is 12.1. The number of aryl methyl sites for hydroxylation is 2. The van der Waals surface area contributed by atoms with E-state index in [1.807, 2.05) is 16.7 Å². The summed E-state index contributed by atoms with van der Waals surface area (Å²) < 4.78 is 8.63. The molecule has 8 nitrogen and oxygen atoms in total. The van der Waals surface area contributed by atoms with E-state index in [0.29, 0.717) is 30.2 Å². The lowest BCUT2D eigenvalue weighted by atomic mass is 10.3. The minimum Gasteiger partial charge on any atom is -0.467 e. The molecule has 0 aromatic carbocycles. The Morgan fingerprint density at radius 2 is 2.23 bits per heavy atom. The van der Waals surface area contributed by atoms with Gasteiger partial charge in [-0.2, -0.15) is 4.98 Å². The van der Waals surface area contributed by atoms with Crippen LogP contribution >= 0.6 is 0 Å². The fraction of sp³-hybridized carbons (Fsp3) is 0.357. The van der Waals surface area contributed by atoms with Crippen molar-refractivity contribution >= 4 is 17.1 Å². The van der Waals surface area contributed by atoms with Crippen molar-refractivity contribution in [3.63, 3.8) is 0 Å². The van der Waals surface area contributed by atoms with Crippen molar-refractivity contribution in [3.8, 4) is 0 Å². The number of aromatic amines is 1. The molecular formula is C14H15N5O3. The van der Waals surface area contributed by atoms with Crippen LogP contribution in [0.2, 0.25) is 0 Å². The van der Waals surface area contributed by atoms with Crippen LogP contribution in [0.15, 0.2) is 32.4 Å². The molecule has 0 saturated carbocycles. The van der Waals surface area contributed by atoms with Gasteiger partial charge in [0.2, 0.25) is 5.95 Å². The van der Waals surface area contributed by atoms with Crippen LogP contribution in [-0.4, -0.2) is 25.6 Å². The molecule has 0 spiro atoms. The van der Waals surface area contributed by atoms with Crippen LogP contribution < -0.4 is 16.1 Å². The lowest BCUT2D eigenvalue weighted by molar-refractivity contribution is 0.482. The number of imidazole rings is 1. The van der Waals surface area contributed by atoms with Gasteiger partial charge >= 0.3 is 5.69 Å². The Labute approximate surface area is 124 Å². The summed E-state index contributed by atoms with van der Waals surface area (Å²) in [6.07, 6.45) is 2.54. The number of hydrogen-bond donors (Lipinski definition) is 1. The highest BCUT2D eigenvalue weighted by molar-refractivity contribution is 5.74. The molecule has 4 rings (SSSR count). The molecule has 0 amide bonds. The zero-order chi connectivity index (χ0) is 15.3. The van der Waals surface area contributed by atoms with Crippen molar-refractivity contribution in [2.75, 3.05) is 11.4 Å². The van der Waals surface area contributed by atoms with Crippen LogP contribution in [0.1, 0.15) is 12.2 Å². The molecule has 0 radical (unpaired) electrons. The van der Waals surface area contributed by atoms with E-state index in [4.69, 9.17) is 4.42 Å². The smallest absolute Gasteiger partial charge is 0.329 e. The molecule has 0 unspecified atom stereocenters. The summed E-state index contributed by atoms with van der Waals surface area (Å²) >= 11 is 0. The van der Waals surface area contributed by atoms with E-state index >= 15 is 0 Å². The fourth-order valence-electron chi connectivity index (χ4n) is 2.94. The first-order valence-electron chi connectivity index (χ1n) is 7.12. The van der Waals surface area contributed by atoms with Gasteiger partial charge in [-0.1, -0.05) is 0 Å². The fourth-order valence-corrected chi connectivity index (χ4v) is 2.94. The first-order chi connectivity index (χ1) is 10.6. The summed E-state index contributed by atoms with van der Waals surface area (Å²) in [4.78, 5) is 32.8. The Morgan fingerprint density at radius 1 is 1.36 bits per heavy atom.